The fourth-order valence-electron chi connectivity index (χ4n) is 2.67. The van der Waals surface area contributed by atoms with Crippen LogP contribution in [0, 0.1) is 0 Å². The molecule has 0 saturated heterocycles. The fourth-order valence-corrected chi connectivity index (χ4v) is 2.67. The SMILES string of the molecule is COC(=O)Cn1c(-c2ccccc2)nc2c1CCCC2=O. The Bertz CT molecular complexity index is 689. The smallest absolute Gasteiger partial charge is 0.325 e. The maximum absolute atomic E-state index is 12.0. The Morgan fingerprint density at radius 2 is 2.05 bits per heavy atom. The molecule has 0 amide bonds. The number of aromatic nitrogens is 2. The minimum atomic E-state index is -0.342. The molecule has 5 nitrogen and oxygen atoms in total. The number of imidazole rings is 1. The van der Waals surface area contributed by atoms with Crippen LogP contribution in [0.5, 0.6) is 0 Å². The van der Waals surface area contributed by atoms with Gasteiger partial charge >= 0.3 is 5.97 Å². The van der Waals surface area contributed by atoms with Gasteiger partial charge in [-0.3, -0.25) is 9.59 Å². The Morgan fingerprint density at radius 3 is 2.76 bits per heavy atom. The Kier molecular flexibility index (Phi) is 3.56. The highest BCUT2D eigenvalue weighted by atomic mass is 16.5. The summed E-state index contributed by atoms with van der Waals surface area (Å²) in [5.41, 5.74) is 2.24. The van der Waals surface area contributed by atoms with E-state index in [-0.39, 0.29) is 18.3 Å². The van der Waals surface area contributed by atoms with Crippen LogP contribution in [0.3, 0.4) is 0 Å². The zero-order chi connectivity index (χ0) is 14.8. The molecular weight excluding hydrogens is 268 g/mol. The summed E-state index contributed by atoms with van der Waals surface area (Å²) in [7, 11) is 1.36. The number of hydrogen-bond donors (Lipinski definition) is 0. The maximum Gasteiger partial charge on any atom is 0.325 e. The Labute approximate surface area is 122 Å². The molecule has 2 aromatic rings. The average molecular weight is 284 g/mol. The second-order valence-electron chi connectivity index (χ2n) is 5.04. The van der Waals surface area contributed by atoms with Crippen molar-refractivity contribution in [3.05, 3.63) is 41.7 Å². The normalized spacial score (nSPS) is 13.9. The molecule has 1 aromatic carbocycles. The van der Waals surface area contributed by atoms with Crippen LogP contribution in [0.2, 0.25) is 0 Å². The first-order chi connectivity index (χ1) is 10.2. The fraction of sp³-hybridized carbons (Fsp3) is 0.312. The maximum atomic E-state index is 12.0. The molecule has 5 heteroatoms. The van der Waals surface area contributed by atoms with E-state index in [4.69, 9.17) is 4.74 Å². The van der Waals surface area contributed by atoms with Gasteiger partial charge in [-0.1, -0.05) is 30.3 Å². The molecule has 0 saturated carbocycles. The molecular formula is C16H16N2O3. The number of nitrogens with zero attached hydrogens (tertiary/aromatic N) is 2. The third-order valence-corrected chi connectivity index (χ3v) is 3.70. The van der Waals surface area contributed by atoms with E-state index in [0.717, 1.165) is 24.1 Å². The second-order valence-corrected chi connectivity index (χ2v) is 5.04. The van der Waals surface area contributed by atoms with Crippen LogP contribution in [0.25, 0.3) is 11.4 Å². The number of Topliss-reactive ketones (excluding diaryl/α,β-unsaturated/α-hetero) is 1. The first-order valence-corrected chi connectivity index (χ1v) is 6.95. The quantitative estimate of drug-likeness (QED) is 0.811. The Balaban J connectivity index is 2.14. The van der Waals surface area contributed by atoms with Crippen molar-refractivity contribution in [1.82, 2.24) is 9.55 Å². The molecule has 108 valence electrons. The number of hydrogen-bond acceptors (Lipinski definition) is 4. The van der Waals surface area contributed by atoms with Gasteiger partial charge in [0.1, 0.15) is 18.1 Å². The van der Waals surface area contributed by atoms with E-state index >= 15 is 0 Å². The van der Waals surface area contributed by atoms with Gasteiger partial charge in [0.15, 0.2) is 5.78 Å². The molecule has 3 rings (SSSR count). The molecule has 0 spiro atoms. The van der Waals surface area contributed by atoms with Gasteiger partial charge in [0, 0.05) is 17.7 Å². The number of ketones is 1. The van der Waals surface area contributed by atoms with Crippen LogP contribution in [0.15, 0.2) is 30.3 Å². The number of ether oxygens (including phenoxy) is 1. The summed E-state index contributed by atoms with van der Waals surface area (Å²) >= 11 is 0. The van der Waals surface area contributed by atoms with Crippen LogP contribution < -0.4 is 0 Å². The largest absolute Gasteiger partial charge is 0.468 e. The predicted octanol–water partition coefficient (Wildman–Crippen LogP) is 2.24. The average Bonchev–Trinajstić information content (AvgIpc) is 2.88. The summed E-state index contributed by atoms with van der Waals surface area (Å²) in [6.07, 6.45) is 2.08. The Hall–Kier alpha value is -2.43. The van der Waals surface area contributed by atoms with Crippen molar-refractivity contribution in [3.63, 3.8) is 0 Å². The van der Waals surface area contributed by atoms with Gasteiger partial charge in [-0.25, -0.2) is 4.98 Å². The first-order valence-electron chi connectivity index (χ1n) is 6.95. The van der Waals surface area contributed by atoms with E-state index < -0.39 is 0 Å². The molecule has 0 radical (unpaired) electrons. The monoisotopic (exact) mass is 284 g/mol. The number of methoxy groups -OCH3 is 1. The molecule has 1 aliphatic rings. The van der Waals surface area contributed by atoms with E-state index in [0.29, 0.717) is 17.9 Å². The van der Waals surface area contributed by atoms with Crippen LogP contribution >= 0.6 is 0 Å². The number of carbonyl (C=O) groups excluding carboxylic acids is 2. The highest BCUT2D eigenvalue weighted by Gasteiger charge is 2.27. The lowest BCUT2D eigenvalue weighted by atomic mass is 10.00. The zero-order valence-electron chi connectivity index (χ0n) is 11.8. The summed E-state index contributed by atoms with van der Waals surface area (Å²) in [6, 6.07) is 9.58. The second kappa shape index (κ2) is 5.52. The van der Waals surface area contributed by atoms with E-state index in [1.165, 1.54) is 7.11 Å². The van der Waals surface area contributed by atoms with Crippen LogP contribution in [0.1, 0.15) is 29.0 Å². The highest BCUT2D eigenvalue weighted by Crippen LogP contribution is 2.27. The minimum Gasteiger partial charge on any atom is -0.468 e. The zero-order valence-corrected chi connectivity index (χ0v) is 11.8. The summed E-state index contributed by atoms with van der Waals surface area (Å²) in [6.45, 7) is 0.0797. The molecule has 0 unspecified atom stereocenters. The first kappa shape index (κ1) is 13.5. The number of rotatable bonds is 3. The minimum absolute atomic E-state index is 0.0528. The number of esters is 1. The van der Waals surface area contributed by atoms with Gasteiger partial charge in [-0.05, 0) is 12.8 Å². The number of fused-ring (bicyclic) bond motifs is 1. The Morgan fingerprint density at radius 1 is 1.29 bits per heavy atom. The summed E-state index contributed by atoms with van der Waals surface area (Å²) in [5, 5.41) is 0. The van der Waals surface area contributed by atoms with Gasteiger partial charge in [-0.15, -0.1) is 0 Å². The van der Waals surface area contributed by atoms with Gasteiger partial charge in [0.2, 0.25) is 0 Å². The predicted molar refractivity (Wildman–Crippen MR) is 76.9 cm³/mol. The number of carbonyl (C=O) groups is 2. The third kappa shape index (κ3) is 2.46. The molecule has 0 bridgehead atoms. The lowest BCUT2D eigenvalue weighted by molar-refractivity contribution is -0.141. The van der Waals surface area contributed by atoms with E-state index in [2.05, 4.69) is 4.98 Å². The van der Waals surface area contributed by atoms with Gasteiger partial charge in [-0.2, -0.15) is 0 Å². The van der Waals surface area contributed by atoms with Crippen molar-refractivity contribution in [2.75, 3.05) is 7.11 Å². The van der Waals surface area contributed by atoms with Gasteiger partial charge in [0.05, 0.1) is 7.11 Å². The van der Waals surface area contributed by atoms with Crippen molar-refractivity contribution in [2.24, 2.45) is 0 Å². The topological polar surface area (TPSA) is 61.2 Å². The van der Waals surface area contributed by atoms with E-state index in [9.17, 15) is 9.59 Å². The summed E-state index contributed by atoms with van der Waals surface area (Å²) in [4.78, 5) is 28.2. The molecule has 0 aliphatic heterocycles. The third-order valence-electron chi connectivity index (χ3n) is 3.70. The van der Waals surface area contributed by atoms with Gasteiger partial charge < -0.3 is 9.30 Å². The van der Waals surface area contributed by atoms with Crippen LogP contribution in [-0.2, 0) is 22.5 Å². The lowest BCUT2D eigenvalue weighted by Gasteiger charge is -2.13. The van der Waals surface area contributed by atoms with E-state index in [1.807, 2.05) is 34.9 Å². The molecule has 0 N–H and O–H groups in total. The van der Waals surface area contributed by atoms with Crippen molar-refractivity contribution >= 4 is 11.8 Å². The van der Waals surface area contributed by atoms with Crippen molar-refractivity contribution in [1.29, 1.82) is 0 Å². The molecule has 21 heavy (non-hydrogen) atoms. The molecule has 1 aliphatic carbocycles. The lowest BCUT2D eigenvalue weighted by Crippen LogP contribution is -2.18. The summed E-state index contributed by atoms with van der Waals surface area (Å²) < 4.78 is 6.57. The summed E-state index contributed by atoms with van der Waals surface area (Å²) in [5.74, 6) is 0.365. The van der Waals surface area contributed by atoms with E-state index in [1.54, 1.807) is 0 Å². The molecule has 0 atom stereocenters. The highest BCUT2D eigenvalue weighted by molar-refractivity contribution is 5.97. The van der Waals surface area contributed by atoms with Crippen molar-refractivity contribution in [3.8, 4) is 11.4 Å². The van der Waals surface area contributed by atoms with Gasteiger partial charge in [0.25, 0.3) is 0 Å². The number of benzene rings is 1. The van der Waals surface area contributed by atoms with Crippen molar-refractivity contribution < 1.29 is 14.3 Å². The van der Waals surface area contributed by atoms with Crippen LogP contribution in [0.4, 0.5) is 0 Å². The molecule has 1 heterocycles. The molecule has 1 aromatic heterocycles. The van der Waals surface area contributed by atoms with Crippen LogP contribution in [-0.4, -0.2) is 28.4 Å². The molecule has 0 fully saturated rings. The van der Waals surface area contributed by atoms with Crippen molar-refractivity contribution in [2.45, 2.75) is 25.8 Å². The standard InChI is InChI=1S/C16H16N2O3/c1-21-14(20)10-18-12-8-5-9-13(19)15(12)17-16(18)11-6-3-2-4-7-11/h2-4,6-7H,5,8-10H2,1H3.